The van der Waals surface area contributed by atoms with Crippen molar-refractivity contribution < 1.29 is 0 Å². The molecule has 7 aromatic carbocycles. The second kappa shape index (κ2) is 32.5. The van der Waals surface area contributed by atoms with Crippen molar-refractivity contribution in [3.8, 4) is 90.1 Å². The smallest absolute Gasteiger partial charge is 0.153 e. The molecule has 1 aliphatic heterocycles. The van der Waals surface area contributed by atoms with E-state index in [-0.39, 0.29) is 0 Å². The first-order chi connectivity index (χ1) is 62.0. The molecule has 0 bridgehead atoms. The highest BCUT2D eigenvalue weighted by Gasteiger charge is 2.36. The number of nitrogens with two attached hydrogens (primary N) is 4. The molecule has 13 aromatic heterocycles. The number of fused-ring (bicyclic) bond motifs is 8. The van der Waals surface area contributed by atoms with Crippen molar-refractivity contribution in [2.75, 3.05) is 42.6 Å². The quantitative estimate of drug-likeness (QED) is 0.0785. The maximum atomic E-state index is 6.41. The summed E-state index contributed by atoms with van der Waals surface area (Å²) < 4.78 is 7.96. The van der Waals surface area contributed by atoms with Crippen LogP contribution < -0.4 is 22.9 Å². The third-order valence-corrected chi connectivity index (χ3v) is 25.9. The van der Waals surface area contributed by atoms with Gasteiger partial charge in [-0.3, -0.25) is 4.98 Å². The van der Waals surface area contributed by atoms with Gasteiger partial charge in [0.1, 0.15) is 87.9 Å². The third kappa shape index (κ3) is 14.4. The van der Waals surface area contributed by atoms with Gasteiger partial charge in [-0.2, -0.15) is 15.3 Å². The number of aromatic nitrogens is 20. The number of nitrogens with zero attached hydrogens (tertiary/aromatic N) is 21. The van der Waals surface area contributed by atoms with E-state index in [1.165, 1.54) is 82.7 Å². The summed E-state index contributed by atoms with van der Waals surface area (Å²) in [6.45, 7) is 5.90. The second-order valence-electron chi connectivity index (χ2n) is 33.8. The zero-order valence-corrected chi connectivity index (χ0v) is 69.5. The molecule has 5 fully saturated rings. The molecule has 1 saturated heterocycles. The van der Waals surface area contributed by atoms with Crippen LogP contribution in [0.2, 0.25) is 0 Å². The van der Waals surface area contributed by atoms with E-state index in [1.807, 2.05) is 92.4 Å². The average molecular weight is 1650 g/mol. The normalized spacial score (nSPS) is 15.9. The van der Waals surface area contributed by atoms with Crippen LogP contribution in [-0.4, -0.2) is 123 Å². The molecule has 0 radical (unpaired) electrons. The summed E-state index contributed by atoms with van der Waals surface area (Å²) in [4.78, 5) is 63.3. The highest BCUT2D eigenvalue weighted by Crippen LogP contribution is 2.47. The van der Waals surface area contributed by atoms with E-state index >= 15 is 0 Å². The summed E-state index contributed by atoms with van der Waals surface area (Å²) in [6.07, 6.45) is 24.4. The summed E-state index contributed by atoms with van der Waals surface area (Å²) >= 11 is 0. The van der Waals surface area contributed by atoms with E-state index in [4.69, 9.17) is 57.8 Å². The highest BCUT2D eigenvalue weighted by molar-refractivity contribution is 6.03. The van der Waals surface area contributed by atoms with Gasteiger partial charge < -0.3 is 32.4 Å². The van der Waals surface area contributed by atoms with Gasteiger partial charge in [-0.05, 0) is 156 Å². The molecule has 0 spiro atoms. The maximum Gasteiger partial charge on any atom is 0.153 e. The third-order valence-electron chi connectivity index (χ3n) is 25.9. The predicted octanol–water partition coefficient (Wildman–Crippen LogP) is 19.8. The molecular weight excluding hydrogens is 1560 g/mol. The van der Waals surface area contributed by atoms with Gasteiger partial charge >= 0.3 is 0 Å². The molecule has 4 saturated carbocycles. The fraction of sp³-hybridized carbons (Fsp3) is 0.208. The zero-order valence-electron chi connectivity index (χ0n) is 69.5. The molecule has 4 aliphatic carbocycles. The Balaban J connectivity index is 0.0000000996. The van der Waals surface area contributed by atoms with Crippen molar-refractivity contribution >= 4 is 94.5 Å². The van der Waals surface area contributed by atoms with Gasteiger partial charge in [0, 0.05) is 103 Å². The van der Waals surface area contributed by atoms with Crippen LogP contribution in [0.5, 0.6) is 0 Å². The zero-order chi connectivity index (χ0) is 84.5. The van der Waals surface area contributed by atoms with Crippen LogP contribution >= 0.6 is 0 Å². The summed E-state index contributed by atoms with van der Waals surface area (Å²) in [5, 5.41) is 18.7. The van der Waals surface area contributed by atoms with Gasteiger partial charge in [0.05, 0.1) is 55.9 Å². The Morgan fingerprint density at radius 1 is 0.349 bits per heavy atom. The number of nitrogen functional groups attached to an aromatic ring is 4. The van der Waals surface area contributed by atoms with Crippen molar-refractivity contribution in [1.82, 2.24) is 103 Å². The number of rotatable bonds is 14. The lowest BCUT2D eigenvalue weighted by Crippen LogP contribution is -2.43. The Hall–Kier alpha value is -15.2. The summed E-state index contributed by atoms with van der Waals surface area (Å²) in [5.41, 5.74) is 48.8. The van der Waals surface area contributed by atoms with Gasteiger partial charge in [0.25, 0.3) is 0 Å². The van der Waals surface area contributed by atoms with Crippen LogP contribution in [0.15, 0.2) is 262 Å². The number of imidazole rings is 3. The number of anilines is 4. The first-order valence-corrected chi connectivity index (χ1v) is 43.5. The Bertz CT molecular complexity index is 7300. The van der Waals surface area contributed by atoms with Crippen molar-refractivity contribution in [3.05, 3.63) is 285 Å². The molecule has 8 N–H and O–H groups in total. The van der Waals surface area contributed by atoms with Crippen LogP contribution in [0.3, 0.4) is 0 Å². The van der Waals surface area contributed by atoms with Crippen LogP contribution in [-0.2, 0) is 0 Å². The molecule has 14 heterocycles. The molecule has 0 unspecified atom stereocenters. The van der Waals surface area contributed by atoms with Crippen LogP contribution in [0.4, 0.5) is 23.3 Å². The number of hydrogen-bond donors (Lipinski definition) is 4. The Kier molecular flexibility index (Phi) is 19.8. The largest absolute Gasteiger partial charge is 0.383 e. The SMILES string of the molecule is Cc1cc(-c2ccccc2)nc2cc(-c3nc(C4CCC4)n4ncnc(N)c34)ccc12.Nc1ncnc2c1c(-c1ccc3ccc(-c4ccccc4)nc3c1)cn2C1CC(CN2CCC2)C1.Nc1ncnn2c(C3CCC3)nc(-c3ccc4ccc(-c5ccccc5)nc4c3)c12.Nc1ncnn2c(C3CCC3)nc(-c3ccc4ccc(-c5ccccn5)nc4c3)c12. The van der Waals surface area contributed by atoms with Crippen molar-refractivity contribution in [1.29, 1.82) is 0 Å². The molecular formula is C101H89N25. The molecule has 25 rings (SSSR count). The Labute approximate surface area is 724 Å². The number of pyridine rings is 5. The topological polar surface area (TPSA) is 332 Å². The first kappa shape index (κ1) is 76.9. The molecule has 126 heavy (non-hydrogen) atoms. The van der Waals surface area contributed by atoms with Crippen LogP contribution in [0, 0.1) is 12.8 Å². The van der Waals surface area contributed by atoms with Gasteiger partial charge in [-0.15, -0.1) is 0 Å². The van der Waals surface area contributed by atoms with E-state index in [0.717, 1.165) is 223 Å². The van der Waals surface area contributed by atoms with Gasteiger partial charge in [0.15, 0.2) is 17.5 Å². The van der Waals surface area contributed by atoms with E-state index in [2.05, 4.69) is 213 Å². The van der Waals surface area contributed by atoms with Crippen molar-refractivity contribution in [2.45, 2.75) is 108 Å². The van der Waals surface area contributed by atoms with E-state index in [1.54, 1.807) is 12.5 Å². The van der Waals surface area contributed by atoms with E-state index in [0.29, 0.717) is 47.1 Å². The van der Waals surface area contributed by atoms with Crippen LogP contribution in [0.25, 0.3) is 161 Å². The number of likely N-dealkylation sites (tertiary alicyclic amines) is 1. The summed E-state index contributed by atoms with van der Waals surface area (Å²) in [6, 6.07) is 76.9. The fourth-order valence-corrected chi connectivity index (χ4v) is 18.3. The molecule has 25 heteroatoms. The first-order valence-electron chi connectivity index (χ1n) is 43.5. The predicted molar refractivity (Wildman–Crippen MR) is 497 cm³/mol. The average Bonchev–Trinajstić information content (AvgIpc) is 1.61. The molecule has 5 aliphatic rings. The molecule has 0 atom stereocenters. The minimum atomic E-state index is 0.426. The lowest BCUT2D eigenvalue weighted by atomic mass is 9.79. The standard InChI is InChI=1S/C29H28N6.C25H22N6.C24H20N6.C23H19N7/c30-28-27-24(17-35(29(27)32-18-31-28)23-13-19(14-23)16-34-11-4-12-34)22-8-7-21-9-10-25(33-26(21)15-22)20-5-2-1-3-6-20;1-15-12-20(16-6-3-2-4-7-16)29-21-13-18(10-11-19(15)21)22-23-24(26)27-14-28-31(23)25(30-22)17-8-5-9-17;25-23-22-21(29-24(17-7-4-8-17)30(22)27-14-26-23)18-10-9-16-11-12-19(28-20(16)13-18)15-5-2-1-3-6-15;24-22-21-20(29-23(15-4-3-5-15)30(21)27-13-26-22)16-8-7-14-9-10-18(28-19(14)12-16)17-6-1-2-11-25-17/h1-3,5-10,15,17-19,23H,4,11-14,16H2,(H2,30,31,32);2-4,6-7,10-14,17H,5,8-9H2,1H3,(H2,26,27,28);1-3,5-6,9-14,17H,4,7-8H2,(H2,25,26,27);1-2,6-13,15H,3-5H2,(H2,24,26,27). The Morgan fingerprint density at radius 2 is 0.770 bits per heavy atom. The van der Waals surface area contributed by atoms with Crippen molar-refractivity contribution in [2.24, 2.45) is 5.92 Å². The van der Waals surface area contributed by atoms with Crippen LogP contribution in [0.1, 0.15) is 124 Å². The fourth-order valence-electron chi connectivity index (χ4n) is 18.3. The van der Waals surface area contributed by atoms with Gasteiger partial charge in [0.2, 0.25) is 0 Å². The number of hydrogen-bond acceptors (Lipinski definition) is 21. The number of aryl methyl sites for hydroxylation is 1. The van der Waals surface area contributed by atoms with Gasteiger partial charge in [-0.25, -0.2) is 73.4 Å². The molecule has 25 nitrogen and oxygen atoms in total. The number of benzene rings is 7. The lowest BCUT2D eigenvalue weighted by molar-refractivity contribution is 0.0921. The highest BCUT2D eigenvalue weighted by atomic mass is 15.3. The minimum Gasteiger partial charge on any atom is -0.383 e. The summed E-state index contributed by atoms with van der Waals surface area (Å²) in [7, 11) is 0. The molecule has 618 valence electrons. The summed E-state index contributed by atoms with van der Waals surface area (Å²) in [5.74, 6) is 6.87. The Morgan fingerprint density at radius 3 is 1.23 bits per heavy atom. The monoisotopic (exact) mass is 1650 g/mol. The molecule has 0 amide bonds. The second-order valence-corrected chi connectivity index (χ2v) is 33.8. The van der Waals surface area contributed by atoms with Gasteiger partial charge in [-0.1, -0.05) is 183 Å². The molecule has 20 aromatic rings. The van der Waals surface area contributed by atoms with Crippen molar-refractivity contribution in [3.63, 3.8) is 0 Å². The lowest BCUT2D eigenvalue weighted by Gasteiger charge is -2.42. The maximum absolute atomic E-state index is 6.41. The minimum absolute atomic E-state index is 0.426. The van der Waals surface area contributed by atoms with E-state index in [9.17, 15) is 0 Å². The van der Waals surface area contributed by atoms with E-state index < -0.39 is 0 Å².